The van der Waals surface area contributed by atoms with Crippen molar-refractivity contribution in [2.24, 2.45) is 0 Å². The quantitative estimate of drug-likeness (QED) is 0.447. The first kappa shape index (κ1) is 11.2. The summed E-state index contributed by atoms with van der Waals surface area (Å²) in [4.78, 5) is 2.16. The summed E-state index contributed by atoms with van der Waals surface area (Å²) in [5.41, 5.74) is 1.19. The Morgan fingerprint density at radius 2 is 2.17 bits per heavy atom. The van der Waals surface area contributed by atoms with Gasteiger partial charge in [-0.05, 0) is 26.3 Å². The summed E-state index contributed by atoms with van der Waals surface area (Å²) in [6, 6.07) is 2.17. The number of nitriles is 1. The second-order valence-electron chi connectivity index (χ2n) is 3.14. The molecular weight excluding hydrogens is 148 g/mol. The van der Waals surface area contributed by atoms with E-state index in [4.69, 9.17) is 5.26 Å². The summed E-state index contributed by atoms with van der Waals surface area (Å²) in [5, 5.41) is 8.51. The van der Waals surface area contributed by atoms with Crippen LogP contribution in [-0.4, -0.2) is 24.5 Å². The van der Waals surface area contributed by atoms with Crippen molar-refractivity contribution in [2.45, 2.75) is 26.7 Å². The Balaban J connectivity index is 3.64. The molecule has 0 bridgehead atoms. The standard InChI is InChI=1S/C10H18N2/c1-4-7-12(9-6-11)8-5-10(2)3/h2,4-5,7-9H2,1,3H3. The van der Waals surface area contributed by atoms with Crippen LogP contribution >= 0.6 is 0 Å². The van der Waals surface area contributed by atoms with Gasteiger partial charge in [-0.25, -0.2) is 0 Å². The van der Waals surface area contributed by atoms with Gasteiger partial charge in [0.25, 0.3) is 0 Å². The van der Waals surface area contributed by atoms with Crippen LogP contribution in [-0.2, 0) is 0 Å². The van der Waals surface area contributed by atoms with Crippen molar-refractivity contribution in [3.8, 4) is 6.07 Å². The molecule has 0 aliphatic heterocycles. The highest BCUT2D eigenvalue weighted by Gasteiger charge is 2.01. The van der Waals surface area contributed by atoms with Gasteiger partial charge in [-0.1, -0.05) is 12.5 Å². The maximum atomic E-state index is 8.51. The summed E-state index contributed by atoms with van der Waals surface area (Å²) >= 11 is 0. The van der Waals surface area contributed by atoms with Crippen molar-refractivity contribution in [1.82, 2.24) is 4.90 Å². The molecule has 0 aliphatic carbocycles. The second-order valence-corrected chi connectivity index (χ2v) is 3.14. The molecular formula is C10H18N2. The monoisotopic (exact) mass is 166 g/mol. The minimum absolute atomic E-state index is 0.543. The first-order chi connectivity index (χ1) is 5.70. The predicted molar refractivity (Wildman–Crippen MR) is 51.8 cm³/mol. The van der Waals surface area contributed by atoms with Gasteiger partial charge < -0.3 is 0 Å². The molecule has 0 fully saturated rings. The van der Waals surface area contributed by atoms with Crippen LogP contribution in [0, 0.1) is 11.3 Å². The van der Waals surface area contributed by atoms with Crippen LogP contribution in [0.25, 0.3) is 0 Å². The minimum Gasteiger partial charge on any atom is -0.290 e. The minimum atomic E-state index is 0.543. The van der Waals surface area contributed by atoms with E-state index >= 15 is 0 Å². The number of nitrogens with zero attached hydrogens (tertiary/aromatic N) is 2. The Labute approximate surface area is 75.5 Å². The number of hydrogen-bond donors (Lipinski definition) is 0. The van der Waals surface area contributed by atoms with E-state index in [1.54, 1.807) is 0 Å². The molecule has 0 saturated heterocycles. The van der Waals surface area contributed by atoms with E-state index in [1.807, 2.05) is 6.92 Å². The first-order valence-corrected chi connectivity index (χ1v) is 4.44. The SMILES string of the molecule is C=C(C)CCN(CC#N)CCC. The van der Waals surface area contributed by atoms with Crippen molar-refractivity contribution in [3.05, 3.63) is 12.2 Å². The van der Waals surface area contributed by atoms with Gasteiger partial charge in [0.15, 0.2) is 0 Å². The maximum absolute atomic E-state index is 8.51. The van der Waals surface area contributed by atoms with Gasteiger partial charge in [-0.3, -0.25) is 4.90 Å². The van der Waals surface area contributed by atoms with Gasteiger partial charge in [0.05, 0.1) is 12.6 Å². The highest BCUT2D eigenvalue weighted by atomic mass is 15.1. The van der Waals surface area contributed by atoms with Crippen LogP contribution in [0.3, 0.4) is 0 Å². The third kappa shape index (κ3) is 5.94. The third-order valence-corrected chi connectivity index (χ3v) is 1.69. The van der Waals surface area contributed by atoms with Crippen LogP contribution in [0.15, 0.2) is 12.2 Å². The van der Waals surface area contributed by atoms with Gasteiger partial charge in [0.1, 0.15) is 0 Å². The van der Waals surface area contributed by atoms with E-state index in [1.165, 1.54) is 5.57 Å². The van der Waals surface area contributed by atoms with E-state index in [2.05, 4.69) is 24.5 Å². The van der Waals surface area contributed by atoms with Crippen LogP contribution in [0.2, 0.25) is 0 Å². The molecule has 0 heterocycles. The Hall–Kier alpha value is -0.810. The lowest BCUT2D eigenvalue weighted by molar-refractivity contribution is 0.310. The molecule has 0 aliphatic rings. The molecule has 0 N–H and O–H groups in total. The normalized spacial score (nSPS) is 9.83. The van der Waals surface area contributed by atoms with Crippen LogP contribution in [0.5, 0.6) is 0 Å². The zero-order chi connectivity index (χ0) is 9.40. The number of rotatable bonds is 6. The fraction of sp³-hybridized carbons (Fsp3) is 0.700. The van der Waals surface area contributed by atoms with Crippen molar-refractivity contribution >= 4 is 0 Å². The Kier molecular flexibility index (Phi) is 6.41. The van der Waals surface area contributed by atoms with Crippen LogP contribution in [0.4, 0.5) is 0 Å². The van der Waals surface area contributed by atoms with Crippen molar-refractivity contribution in [3.63, 3.8) is 0 Å². The molecule has 0 aromatic carbocycles. The van der Waals surface area contributed by atoms with Crippen molar-refractivity contribution < 1.29 is 0 Å². The van der Waals surface area contributed by atoms with Crippen LogP contribution in [0.1, 0.15) is 26.7 Å². The summed E-state index contributed by atoms with van der Waals surface area (Å²) in [7, 11) is 0. The van der Waals surface area contributed by atoms with Gasteiger partial charge in [-0.2, -0.15) is 5.26 Å². The molecule has 0 aromatic rings. The zero-order valence-electron chi connectivity index (χ0n) is 8.14. The lowest BCUT2D eigenvalue weighted by Crippen LogP contribution is -2.26. The average Bonchev–Trinajstić information content (AvgIpc) is 2.01. The van der Waals surface area contributed by atoms with Gasteiger partial charge in [-0.15, -0.1) is 6.58 Å². The Morgan fingerprint density at radius 1 is 1.50 bits per heavy atom. The van der Waals surface area contributed by atoms with Crippen molar-refractivity contribution in [1.29, 1.82) is 5.26 Å². The Bertz CT molecular complexity index is 167. The lowest BCUT2D eigenvalue weighted by Gasteiger charge is -2.17. The average molecular weight is 166 g/mol. The Morgan fingerprint density at radius 3 is 2.58 bits per heavy atom. The van der Waals surface area contributed by atoms with Gasteiger partial charge in [0, 0.05) is 6.54 Å². The molecule has 0 unspecified atom stereocenters. The number of hydrogen-bond acceptors (Lipinski definition) is 2. The zero-order valence-corrected chi connectivity index (χ0v) is 8.14. The topological polar surface area (TPSA) is 27.0 Å². The molecule has 0 radical (unpaired) electrons. The highest BCUT2D eigenvalue weighted by molar-refractivity contribution is 4.89. The first-order valence-electron chi connectivity index (χ1n) is 4.44. The van der Waals surface area contributed by atoms with Crippen molar-refractivity contribution in [2.75, 3.05) is 19.6 Å². The largest absolute Gasteiger partial charge is 0.290 e. The molecule has 0 spiro atoms. The fourth-order valence-electron chi connectivity index (χ4n) is 1.04. The third-order valence-electron chi connectivity index (χ3n) is 1.69. The lowest BCUT2D eigenvalue weighted by atomic mass is 10.2. The maximum Gasteiger partial charge on any atom is 0.0866 e. The summed E-state index contributed by atoms with van der Waals surface area (Å²) in [5.74, 6) is 0. The molecule has 0 atom stereocenters. The molecule has 0 amide bonds. The second kappa shape index (κ2) is 6.87. The fourth-order valence-corrected chi connectivity index (χ4v) is 1.04. The van der Waals surface area contributed by atoms with E-state index in [-0.39, 0.29) is 0 Å². The van der Waals surface area contributed by atoms with Gasteiger partial charge in [0.2, 0.25) is 0 Å². The molecule has 2 heteroatoms. The smallest absolute Gasteiger partial charge is 0.0866 e. The summed E-state index contributed by atoms with van der Waals surface area (Å²) in [6.07, 6.45) is 2.11. The van der Waals surface area contributed by atoms with E-state index in [0.29, 0.717) is 6.54 Å². The molecule has 0 saturated carbocycles. The summed E-state index contributed by atoms with van der Waals surface area (Å²) in [6.45, 7) is 10.5. The van der Waals surface area contributed by atoms with E-state index < -0.39 is 0 Å². The molecule has 0 rings (SSSR count). The predicted octanol–water partition coefficient (Wildman–Crippen LogP) is 2.19. The molecule has 68 valence electrons. The molecule has 2 nitrogen and oxygen atoms in total. The van der Waals surface area contributed by atoms with E-state index in [0.717, 1.165) is 25.9 Å². The summed E-state index contributed by atoms with van der Waals surface area (Å²) < 4.78 is 0. The van der Waals surface area contributed by atoms with Gasteiger partial charge >= 0.3 is 0 Å². The van der Waals surface area contributed by atoms with E-state index in [9.17, 15) is 0 Å². The molecule has 12 heavy (non-hydrogen) atoms. The highest BCUT2D eigenvalue weighted by Crippen LogP contribution is 1.99. The molecule has 0 aromatic heterocycles. The van der Waals surface area contributed by atoms with Crippen LogP contribution < -0.4 is 0 Å².